The molecule has 4 aromatic heterocycles. The minimum Gasteiger partial charge on any atom is -0.325 e. The number of para-hydroxylation sites is 1. The number of benzene rings is 1. The van der Waals surface area contributed by atoms with E-state index in [1.165, 1.54) is 0 Å². The van der Waals surface area contributed by atoms with Gasteiger partial charge in [-0.15, -0.1) is 0 Å². The summed E-state index contributed by atoms with van der Waals surface area (Å²) >= 11 is 0. The van der Waals surface area contributed by atoms with Gasteiger partial charge < -0.3 is 4.57 Å². The Kier molecular flexibility index (Phi) is 3.06. The summed E-state index contributed by atoms with van der Waals surface area (Å²) < 4.78 is 3.96. The van der Waals surface area contributed by atoms with Crippen LogP contribution < -0.4 is 0 Å². The highest BCUT2D eigenvalue weighted by atomic mass is 15.3. The molecule has 0 atom stereocenters. The Labute approximate surface area is 143 Å². The number of rotatable bonds is 3. The standard InChI is InChI=1S/C19H14N6/c1-4-14-5-3-9-20-18(14)16(7-1)19-21-10-11-24(19)12-15-6-2-8-17-22-13-23-25(15)17/h1-11,13H,12H2. The first-order valence-electron chi connectivity index (χ1n) is 8.03. The Morgan fingerprint density at radius 3 is 2.76 bits per heavy atom. The number of fused-ring (bicyclic) bond motifs is 2. The summed E-state index contributed by atoms with van der Waals surface area (Å²) in [6.07, 6.45) is 7.18. The lowest BCUT2D eigenvalue weighted by molar-refractivity contribution is 0.741. The van der Waals surface area contributed by atoms with Crippen LogP contribution in [0.1, 0.15) is 5.69 Å². The molecular formula is C19H14N6. The Balaban J connectivity index is 1.64. The van der Waals surface area contributed by atoms with Crippen molar-refractivity contribution < 1.29 is 0 Å². The Morgan fingerprint density at radius 2 is 1.76 bits per heavy atom. The second kappa shape index (κ2) is 5.52. The first kappa shape index (κ1) is 13.9. The van der Waals surface area contributed by atoms with E-state index in [-0.39, 0.29) is 0 Å². The van der Waals surface area contributed by atoms with Crippen molar-refractivity contribution in [3.05, 3.63) is 79.1 Å². The van der Waals surface area contributed by atoms with Crippen LogP contribution in [0, 0.1) is 0 Å². The van der Waals surface area contributed by atoms with E-state index in [9.17, 15) is 0 Å². The molecule has 0 aliphatic rings. The van der Waals surface area contributed by atoms with Gasteiger partial charge in [-0.2, -0.15) is 5.10 Å². The zero-order valence-corrected chi connectivity index (χ0v) is 13.3. The van der Waals surface area contributed by atoms with Crippen molar-refractivity contribution in [3.63, 3.8) is 0 Å². The summed E-state index contributed by atoms with van der Waals surface area (Å²) in [5.74, 6) is 0.890. The monoisotopic (exact) mass is 326 g/mol. The van der Waals surface area contributed by atoms with E-state index in [1.54, 1.807) is 6.33 Å². The molecule has 4 heterocycles. The number of hydrogen-bond donors (Lipinski definition) is 0. The maximum Gasteiger partial charge on any atom is 0.155 e. The molecule has 0 N–H and O–H groups in total. The molecule has 0 saturated carbocycles. The van der Waals surface area contributed by atoms with Crippen molar-refractivity contribution in [2.75, 3.05) is 0 Å². The topological polar surface area (TPSA) is 60.9 Å². The highest BCUT2D eigenvalue weighted by Crippen LogP contribution is 2.26. The molecule has 0 spiro atoms. The third kappa shape index (κ3) is 2.27. The number of imidazole rings is 1. The molecule has 0 aliphatic carbocycles. The van der Waals surface area contributed by atoms with Crippen molar-refractivity contribution in [2.45, 2.75) is 6.54 Å². The summed E-state index contributed by atoms with van der Waals surface area (Å²) in [6, 6.07) is 16.2. The van der Waals surface area contributed by atoms with E-state index in [4.69, 9.17) is 0 Å². The number of pyridine rings is 2. The summed E-state index contributed by atoms with van der Waals surface area (Å²) in [5, 5.41) is 5.42. The van der Waals surface area contributed by atoms with Gasteiger partial charge in [0, 0.05) is 29.5 Å². The second-order valence-corrected chi connectivity index (χ2v) is 5.81. The van der Waals surface area contributed by atoms with Crippen molar-refractivity contribution >= 4 is 16.6 Å². The molecule has 0 aliphatic heterocycles. The third-order valence-corrected chi connectivity index (χ3v) is 4.30. The lowest BCUT2D eigenvalue weighted by Gasteiger charge is -2.10. The maximum atomic E-state index is 4.58. The smallest absolute Gasteiger partial charge is 0.155 e. The first-order valence-corrected chi connectivity index (χ1v) is 8.03. The minimum absolute atomic E-state index is 0.652. The van der Waals surface area contributed by atoms with Gasteiger partial charge in [0.1, 0.15) is 12.2 Å². The Hall–Kier alpha value is -3.54. The zero-order valence-electron chi connectivity index (χ0n) is 13.3. The van der Waals surface area contributed by atoms with Crippen molar-refractivity contribution in [1.82, 2.24) is 29.1 Å². The summed E-state index contributed by atoms with van der Waals surface area (Å²) in [6.45, 7) is 0.652. The van der Waals surface area contributed by atoms with Crippen molar-refractivity contribution in [2.24, 2.45) is 0 Å². The van der Waals surface area contributed by atoms with Gasteiger partial charge in [-0.1, -0.05) is 24.3 Å². The van der Waals surface area contributed by atoms with Gasteiger partial charge in [-0.05, 0) is 24.3 Å². The SMILES string of the molecule is c1cnc2c(-c3nccn3Cc3cccc4ncnn34)cccc2c1. The fourth-order valence-corrected chi connectivity index (χ4v) is 3.16. The van der Waals surface area contributed by atoms with Crippen LogP contribution in [-0.4, -0.2) is 29.1 Å². The quantitative estimate of drug-likeness (QED) is 0.511. The fraction of sp³-hybridized carbons (Fsp3) is 0.0526. The largest absolute Gasteiger partial charge is 0.325 e. The van der Waals surface area contributed by atoms with E-state index in [2.05, 4.69) is 42.8 Å². The van der Waals surface area contributed by atoms with Crippen LogP contribution in [0.25, 0.3) is 27.9 Å². The van der Waals surface area contributed by atoms with Gasteiger partial charge in [0.25, 0.3) is 0 Å². The summed E-state index contributed by atoms with van der Waals surface area (Å²) in [5.41, 5.74) is 3.86. The molecule has 5 aromatic rings. The van der Waals surface area contributed by atoms with E-state index < -0.39 is 0 Å². The molecule has 6 nitrogen and oxygen atoms in total. The average Bonchev–Trinajstić information content (AvgIpc) is 3.31. The lowest BCUT2D eigenvalue weighted by Crippen LogP contribution is -2.07. The number of nitrogens with zero attached hydrogens (tertiary/aromatic N) is 6. The van der Waals surface area contributed by atoms with Crippen LogP contribution in [0.4, 0.5) is 0 Å². The van der Waals surface area contributed by atoms with Gasteiger partial charge in [0.15, 0.2) is 5.65 Å². The van der Waals surface area contributed by atoms with Crippen LogP contribution in [0.15, 0.2) is 73.4 Å². The zero-order chi connectivity index (χ0) is 16.6. The van der Waals surface area contributed by atoms with Crippen LogP contribution in [0.3, 0.4) is 0 Å². The maximum absolute atomic E-state index is 4.58. The molecule has 0 amide bonds. The molecule has 0 fully saturated rings. The molecule has 0 unspecified atom stereocenters. The second-order valence-electron chi connectivity index (χ2n) is 5.81. The predicted molar refractivity (Wildman–Crippen MR) is 95.1 cm³/mol. The average molecular weight is 326 g/mol. The molecule has 0 saturated heterocycles. The van der Waals surface area contributed by atoms with Gasteiger partial charge in [0.05, 0.1) is 17.8 Å². The minimum atomic E-state index is 0.652. The van der Waals surface area contributed by atoms with Gasteiger partial charge >= 0.3 is 0 Å². The van der Waals surface area contributed by atoms with Crippen LogP contribution in [0.5, 0.6) is 0 Å². The first-order chi connectivity index (χ1) is 12.4. The predicted octanol–water partition coefficient (Wildman–Crippen LogP) is 3.19. The van der Waals surface area contributed by atoms with E-state index in [1.807, 2.05) is 53.4 Å². The third-order valence-electron chi connectivity index (χ3n) is 4.30. The molecule has 1 aromatic carbocycles. The van der Waals surface area contributed by atoms with Gasteiger partial charge in [0.2, 0.25) is 0 Å². The number of aromatic nitrogens is 6. The van der Waals surface area contributed by atoms with Crippen molar-refractivity contribution in [3.8, 4) is 11.4 Å². The summed E-state index contributed by atoms with van der Waals surface area (Å²) in [4.78, 5) is 13.4. The van der Waals surface area contributed by atoms with E-state index >= 15 is 0 Å². The highest BCUT2D eigenvalue weighted by Gasteiger charge is 2.12. The van der Waals surface area contributed by atoms with Crippen molar-refractivity contribution in [1.29, 1.82) is 0 Å². The van der Waals surface area contributed by atoms with Gasteiger partial charge in [-0.3, -0.25) is 4.98 Å². The molecule has 5 rings (SSSR count). The molecule has 0 radical (unpaired) electrons. The summed E-state index contributed by atoms with van der Waals surface area (Å²) in [7, 11) is 0. The Morgan fingerprint density at radius 1 is 0.840 bits per heavy atom. The molecule has 25 heavy (non-hydrogen) atoms. The molecule has 0 bridgehead atoms. The van der Waals surface area contributed by atoms with Gasteiger partial charge in [-0.25, -0.2) is 14.5 Å². The fourth-order valence-electron chi connectivity index (χ4n) is 3.16. The lowest BCUT2D eigenvalue weighted by atomic mass is 10.1. The molecular weight excluding hydrogens is 312 g/mol. The molecule has 6 heteroatoms. The number of hydrogen-bond acceptors (Lipinski definition) is 4. The highest BCUT2D eigenvalue weighted by molar-refractivity contribution is 5.91. The van der Waals surface area contributed by atoms with Crippen LogP contribution in [0.2, 0.25) is 0 Å². The normalized spacial score (nSPS) is 11.4. The molecule has 120 valence electrons. The van der Waals surface area contributed by atoms with E-state index in [0.717, 1.165) is 33.6 Å². The Bertz CT molecular complexity index is 1180. The van der Waals surface area contributed by atoms with Crippen LogP contribution >= 0.6 is 0 Å². The van der Waals surface area contributed by atoms with E-state index in [0.29, 0.717) is 6.54 Å². The van der Waals surface area contributed by atoms with Crippen LogP contribution in [-0.2, 0) is 6.54 Å².